The van der Waals surface area contributed by atoms with Crippen molar-refractivity contribution in [1.82, 2.24) is 0 Å². The normalized spacial score (nSPS) is 10.4. The molecule has 0 aliphatic heterocycles. The van der Waals surface area contributed by atoms with Crippen LogP contribution < -0.4 is 4.74 Å². The fourth-order valence-corrected chi connectivity index (χ4v) is 2.66. The van der Waals surface area contributed by atoms with Gasteiger partial charge in [0.15, 0.2) is 5.78 Å². The fraction of sp³-hybridized carbons (Fsp3) is 0.316. The molecule has 0 amide bonds. The van der Waals surface area contributed by atoms with E-state index in [2.05, 4.69) is 26.0 Å². The Balaban J connectivity index is 2.29. The number of carbonyl (C=O) groups excluding carboxylic acids is 1. The third kappa shape index (κ3) is 3.52. The molecule has 0 aliphatic rings. The van der Waals surface area contributed by atoms with E-state index >= 15 is 0 Å². The predicted octanol–water partition coefficient (Wildman–Crippen LogP) is 4.59. The number of hydrogen-bond donors (Lipinski definition) is 0. The van der Waals surface area contributed by atoms with E-state index in [0.29, 0.717) is 6.61 Å². The van der Waals surface area contributed by atoms with Crippen LogP contribution in [-0.4, -0.2) is 5.78 Å². The molecule has 0 radical (unpaired) electrons. The second-order valence-corrected chi connectivity index (χ2v) is 5.11. The summed E-state index contributed by atoms with van der Waals surface area (Å²) in [5.74, 6) is 1.01. The Kier molecular flexibility index (Phi) is 5.15. The van der Waals surface area contributed by atoms with Crippen LogP contribution in [0.25, 0.3) is 0 Å². The molecule has 2 aromatic rings. The summed E-state index contributed by atoms with van der Waals surface area (Å²) in [6, 6.07) is 13.9. The minimum atomic E-state index is 0.121. The highest BCUT2D eigenvalue weighted by Gasteiger charge is 2.14. The van der Waals surface area contributed by atoms with Crippen LogP contribution in [0.3, 0.4) is 0 Å². The molecular weight excluding hydrogens is 260 g/mol. The van der Waals surface area contributed by atoms with Gasteiger partial charge in [0.1, 0.15) is 12.4 Å². The molecule has 110 valence electrons. The molecule has 0 aromatic heterocycles. The van der Waals surface area contributed by atoms with Crippen LogP contribution in [0.1, 0.15) is 47.8 Å². The van der Waals surface area contributed by atoms with Crippen LogP contribution in [0.15, 0.2) is 42.5 Å². The number of ether oxygens (including phenoxy) is 1. The fourth-order valence-electron chi connectivity index (χ4n) is 2.66. The molecular formula is C19H22O2. The maximum Gasteiger partial charge on any atom is 0.160 e. The summed E-state index contributed by atoms with van der Waals surface area (Å²) >= 11 is 0. The molecule has 0 spiro atoms. The van der Waals surface area contributed by atoms with Gasteiger partial charge in [0.05, 0.1) is 0 Å². The largest absolute Gasteiger partial charge is 0.489 e. The van der Waals surface area contributed by atoms with Gasteiger partial charge < -0.3 is 4.74 Å². The summed E-state index contributed by atoms with van der Waals surface area (Å²) in [6.45, 7) is 6.37. The Hall–Kier alpha value is -2.09. The van der Waals surface area contributed by atoms with E-state index in [9.17, 15) is 4.79 Å². The van der Waals surface area contributed by atoms with Crippen molar-refractivity contribution in [2.24, 2.45) is 0 Å². The van der Waals surface area contributed by atoms with Gasteiger partial charge in [-0.15, -0.1) is 0 Å². The lowest BCUT2D eigenvalue weighted by Crippen LogP contribution is -2.06. The second kappa shape index (κ2) is 7.07. The molecule has 0 heterocycles. The minimum absolute atomic E-state index is 0.121. The standard InChI is InChI=1S/C19H22O2/c1-4-16-17(5-2)19(12-11-18(16)14(3)20)21-13-15-9-7-6-8-10-15/h6-12H,4-5,13H2,1-3H3. The number of Topliss-reactive ketones (excluding diaryl/α,β-unsaturated/α-hetero) is 1. The summed E-state index contributed by atoms with van der Waals surface area (Å²) in [4.78, 5) is 11.7. The van der Waals surface area contributed by atoms with Gasteiger partial charge in [0, 0.05) is 5.56 Å². The Labute approximate surface area is 126 Å². The predicted molar refractivity (Wildman–Crippen MR) is 86.0 cm³/mol. The lowest BCUT2D eigenvalue weighted by Gasteiger charge is -2.16. The van der Waals surface area contributed by atoms with Gasteiger partial charge in [-0.1, -0.05) is 44.2 Å². The molecule has 2 rings (SSSR count). The number of carbonyl (C=O) groups is 1. The van der Waals surface area contributed by atoms with Gasteiger partial charge in [0.2, 0.25) is 0 Å². The van der Waals surface area contributed by atoms with Crippen molar-refractivity contribution in [3.63, 3.8) is 0 Å². The first-order valence-electron chi connectivity index (χ1n) is 7.49. The first-order valence-corrected chi connectivity index (χ1v) is 7.49. The van der Waals surface area contributed by atoms with Crippen molar-refractivity contribution in [3.8, 4) is 5.75 Å². The van der Waals surface area contributed by atoms with Gasteiger partial charge >= 0.3 is 0 Å². The number of benzene rings is 2. The Bertz CT molecular complexity index is 615. The molecule has 0 saturated heterocycles. The smallest absolute Gasteiger partial charge is 0.160 e. The van der Waals surface area contributed by atoms with Gasteiger partial charge in [-0.25, -0.2) is 0 Å². The van der Waals surface area contributed by atoms with Crippen LogP contribution in [0.5, 0.6) is 5.75 Å². The van der Waals surface area contributed by atoms with Crippen LogP contribution in [-0.2, 0) is 19.4 Å². The molecule has 21 heavy (non-hydrogen) atoms. The van der Waals surface area contributed by atoms with Crippen LogP contribution in [0, 0.1) is 0 Å². The van der Waals surface area contributed by atoms with Crippen molar-refractivity contribution in [1.29, 1.82) is 0 Å². The van der Waals surface area contributed by atoms with Crippen LogP contribution in [0.2, 0.25) is 0 Å². The van der Waals surface area contributed by atoms with E-state index in [1.807, 2.05) is 30.3 Å². The lowest BCUT2D eigenvalue weighted by molar-refractivity contribution is 0.101. The maximum atomic E-state index is 11.7. The molecule has 2 heteroatoms. The summed E-state index contributed by atoms with van der Waals surface area (Å²) in [6.07, 6.45) is 1.72. The van der Waals surface area contributed by atoms with Crippen LogP contribution in [0.4, 0.5) is 0 Å². The van der Waals surface area contributed by atoms with E-state index in [1.165, 1.54) is 0 Å². The topological polar surface area (TPSA) is 26.3 Å². The average molecular weight is 282 g/mol. The van der Waals surface area contributed by atoms with Gasteiger partial charge in [-0.2, -0.15) is 0 Å². The highest BCUT2D eigenvalue weighted by molar-refractivity contribution is 5.96. The maximum absolute atomic E-state index is 11.7. The Morgan fingerprint density at radius 3 is 2.19 bits per heavy atom. The van der Waals surface area contributed by atoms with Gasteiger partial charge in [-0.3, -0.25) is 4.79 Å². The van der Waals surface area contributed by atoms with Crippen molar-refractivity contribution in [2.45, 2.75) is 40.2 Å². The van der Waals surface area contributed by atoms with E-state index in [-0.39, 0.29) is 5.78 Å². The molecule has 0 aliphatic carbocycles. The van der Waals surface area contributed by atoms with Crippen molar-refractivity contribution < 1.29 is 9.53 Å². The quantitative estimate of drug-likeness (QED) is 0.724. The molecule has 0 atom stereocenters. The zero-order chi connectivity index (χ0) is 15.2. The van der Waals surface area contributed by atoms with Gasteiger partial charge in [-0.05, 0) is 48.6 Å². The molecule has 2 nitrogen and oxygen atoms in total. The van der Waals surface area contributed by atoms with E-state index in [4.69, 9.17) is 4.74 Å². The molecule has 2 aromatic carbocycles. The summed E-state index contributed by atoms with van der Waals surface area (Å²) < 4.78 is 5.98. The van der Waals surface area contributed by atoms with Crippen molar-refractivity contribution >= 4 is 5.78 Å². The first kappa shape index (κ1) is 15.3. The van der Waals surface area contributed by atoms with Crippen molar-refractivity contribution in [2.75, 3.05) is 0 Å². The first-order chi connectivity index (χ1) is 10.2. The van der Waals surface area contributed by atoms with Crippen molar-refractivity contribution in [3.05, 3.63) is 64.7 Å². The summed E-state index contributed by atoms with van der Waals surface area (Å²) in [5.41, 5.74) is 4.24. The highest BCUT2D eigenvalue weighted by Crippen LogP contribution is 2.28. The molecule has 0 bridgehead atoms. The monoisotopic (exact) mass is 282 g/mol. The minimum Gasteiger partial charge on any atom is -0.489 e. The third-order valence-electron chi connectivity index (χ3n) is 3.71. The zero-order valence-electron chi connectivity index (χ0n) is 13.0. The summed E-state index contributed by atoms with van der Waals surface area (Å²) in [5, 5.41) is 0. The summed E-state index contributed by atoms with van der Waals surface area (Å²) in [7, 11) is 0. The second-order valence-electron chi connectivity index (χ2n) is 5.11. The Morgan fingerprint density at radius 1 is 0.952 bits per heavy atom. The number of hydrogen-bond acceptors (Lipinski definition) is 2. The highest BCUT2D eigenvalue weighted by atomic mass is 16.5. The molecule has 0 unspecified atom stereocenters. The third-order valence-corrected chi connectivity index (χ3v) is 3.71. The van der Waals surface area contributed by atoms with Crippen LogP contribution >= 0.6 is 0 Å². The molecule has 0 N–H and O–H groups in total. The number of rotatable bonds is 6. The molecule has 0 saturated carbocycles. The Morgan fingerprint density at radius 2 is 1.62 bits per heavy atom. The van der Waals surface area contributed by atoms with Gasteiger partial charge in [0.25, 0.3) is 0 Å². The van der Waals surface area contributed by atoms with E-state index in [1.54, 1.807) is 6.92 Å². The van der Waals surface area contributed by atoms with E-state index in [0.717, 1.165) is 40.8 Å². The average Bonchev–Trinajstić information content (AvgIpc) is 2.52. The van der Waals surface area contributed by atoms with E-state index < -0.39 is 0 Å². The number of ketones is 1. The lowest BCUT2D eigenvalue weighted by atomic mass is 9.94. The molecule has 0 fully saturated rings. The zero-order valence-corrected chi connectivity index (χ0v) is 13.0. The SMILES string of the molecule is CCc1c(OCc2ccccc2)ccc(C(C)=O)c1CC.